The molecule has 0 saturated heterocycles. The van der Waals surface area contributed by atoms with Gasteiger partial charge in [0.25, 0.3) is 0 Å². The second kappa shape index (κ2) is 8.10. The van der Waals surface area contributed by atoms with Gasteiger partial charge in [0, 0.05) is 34.4 Å². The summed E-state index contributed by atoms with van der Waals surface area (Å²) in [5.41, 5.74) is 1.96. The van der Waals surface area contributed by atoms with Crippen LogP contribution in [0.25, 0.3) is 22.7 Å². The molecule has 4 rings (SSSR count). The molecule has 29 heavy (non-hydrogen) atoms. The summed E-state index contributed by atoms with van der Waals surface area (Å²) in [6, 6.07) is 10.5. The number of rotatable bonds is 6. The van der Waals surface area contributed by atoms with Crippen LogP contribution in [0.5, 0.6) is 0 Å². The van der Waals surface area contributed by atoms with Gasteiger partial charge in [-0.15, -0.1) is 0 Å². The number of hydrogen-bond donors (Lipinski definition) is 1. The van der Waals surface area contributed by atoms with Crippen LogP contribution in [0, 0.1) is 0 Å². The van der Waals surface area contributed by atoms with Crippen LogP contribution in [0.4, 0.5) is 0 Å². The minimum atomic E-state index is -1.08. The maximum Gasteiger partial charge on any atom is 0.354 e. The highest BCUT2D eigenvalue weighted by Gasteiger charge is 2.19. The van der Waals surface area contributed by atoms with Crippen molar-refractivity contribution in [2.24, 2.45) is 0 Å². The molecule has 7 nitrogen and oxygen atoms in total. The molecule has 0 fully saturated rings. The van der Waals surface area contributed by atoms with E-state index in [9.17, 15) is 4.79 Å². The van der Waals surface area contributed by atoms with Gasteiger partial charge in [0.2, 0.25) is 5.89 Å². The second-order valence-electron chi connectivity index (χ2n) is 6.03. The Kier molecular flexibility index (Phi) is 5.37. The van der Waals surface area contributed by atoms with Gasteiger partial charge < -0.3 is 9.52 Å². The van der Waals surface area contributed by atoms with E-state index in [1.165, 1.54) is 24.0 Å². The smallest absolute Gasteiger partial charge is 0.354 e. The third-order valence-electron chi connectivity index (χ3n) is 4.08. The van der Waals surface area contributed by atoms with E-state index in [2.05, 4.69) is 15.1 Å². The van der Waals surface area contributed by atoms with E-state index in [0.29, 0.717) is 27.3 Å². The third kappa shape index (κ3) is 4.18. The van der Waals surface area contributed by atoms with Crippen molar-refractivity contribution in [3.8, 4) is 22.7 Å². The summed E-state index contributed by atoms with van der Waals surface area (Å²) in [6.45, 7) is 2.73. The number of carboxylic acids is 1. The van der Waals surface area contributed by atoms with Gasteiger partial charge in [0.15, 0.2) is 5.09 Å². The van der Waals surface area contributed by atoms with Crippen LogP contribution in [0.2, 0.25) is 5.02 Å². The number of carbonyl (C=O) groups is 1. The van der Waals surface area contributed by atoms with Crippen molar-refractivity contribution >= 4 is 29.3 Å². The molecule has 0 aliphatic rings. The molecule has 0 aliphatic carbocycles. The number of benzene rings is 1. The summed E-state index contributed by atoms with van der Waals surface area (Å²) in [6.07, 6.45) is 5.03. The van der Waals surface area contributed by atoms with Gasteiger partial charge in [-0.3, -0.25) is 4.68 Å². The molecule has 1 aromatic carbocycles. The zero-order valence-corrected chi connectivity index (χ0v) is 16.8. The van der Waals surface area contributed by atoms with Crippen LogP contribution in [0.1, 0.15) is 17.4 Å². The number of halogens is 1. The number of carboxylic acid groups (broad SMARTS) is 1. The van der Waals surface area contributed by atoms with E-state index in [1.54, 1.807) is 29.1 Å². The fourth-order valence-corrected chi connectivity index (χ4v) is 3.59. The summed E-state index contributed by atoms with van der Waals surface area (Å²) >= 11 is 7.37. The maximum atomic E-state index is 11.1. The normalized spacial score (nSPS) is 11.0. The molecule has 0 bridgehead atoms. The number of aromatic nitrogens is 4. The Balaban J connectivity index is 1.76. The first-order chi connectivity index (χ1) is 14.0. The van der Waals surface area contributed by atoms with Gasteiger partial charge in [-0.2, -0.15) is 5.10 Å². The van der Waals surface area contributed by atoms with Crippen LogP contribution >= 0.6 is 23.4 Å². The third-order valence-corrected chi connectivity index (χ3v) is 5.30. The molecule has 3 heterocycles. The Morgan fingerprint density at radius 2 is 1.97 bits per heavy atom. The van der Waals surface area contributed by atoms with Crippen LogP contribution in [-0.2, 0) is 6.54 Å². The Labute approximate surface area is 175 Å². The first-order valence-corrected chi connectivity index (χ1v) is 9.89. The Bertz CT molecular complexity index is 1150. The van der Waals surface area contributed by atoms with Crippen LogP contribution < -0.4 is 0 Å². The van der Waals surface area contributed by atoms with Gasteiger partial charge in [-0.1, -0.05) is 11.6 Å². The lowest BCUT2D eigenvalue weighted by molar-refractivity contribution is 0.0690. The van der Waals surface area contributed by atoms with E-state index >= 15 is 0 Å². The zero-order valence-electron chi connectivity index (χ0n) is 15.2. The molecule has 0 spiro atoms. The monoisotopic (exact) mass is 426 g/mol. The van der Waals surface area contributed by atoms with Gasteiger partial charge in [-0.05, 0) is 55.1 Å². The number of nitrogens with zero attached hydrogens (tertiary/aromatic N) is 4. The van der Waals surface area contributed by atoms with Gasteiger partial charge in [0.1, 0.15) is 11.4 Å². The Hall–Kier alpha value is -3.10. The highest BCUT2D eigenvalue weighted by atomic mass is 35.5. The standard InChI is InChI=1S/C20H15ClN4O3S/c1-2-25-11-13(10-23-25)18-24-17(12-3-8-16(19(26)27)22-9-12)20(28-18)29-15-6-4-14(21)5-7-15/h3-11H,2H2,1H3,(H,26,27). The van der Waals surface area contributed by atoms with Gasteiger partial charge >= 0.3 is 5.97 Å². The molecule has 0 atom stereocenters. The minimum Gasteiger partial charge on any atom is -0.477 e. The lowest BCUT2D eigenvalue weighted by atomic mass is 10.2. The topological polar surface area (TPSA) is 94.0 Å². The first-order valence-electron chi connectivity index (χ1n) is 8.70. The number of hydrogen-bond acceptors (Lipinski definition) is 6. The summed E-state index contributed by atoms with van der Waals surface area (Å²) in [5.74, 6) is -0.654. The number of oxazole rings is 1. The molecule has 3 aromatic heterocycles. The highest BCUT2D eigenvalue weighted by Crippen LogP contribution is 2.39. The number of aromatic carboxylic acids is 1. The predicted molar refractivity (Wildman–Crippen MR) is 109 cm³/mol. The summed E-state index contributed by atoms with van der Waals surface area (Å²) < 4.78 is 7.83. The average Bonchev–Trinajstić information content (AvgIpc) is 3.37. The molecule has 0 unspecified atom stereocenters. The van der Waals surface area contributed by atoms with E-state index in [-0.39, 0.29) is 5.69 Å². The number of aryl methyl sites for hydroxylation is 1. The summed E-state index contributed by atoms with van der Waals surface area (Å²) in [5, 5.41) is 14.6. The SMILES string of the molecule is CCn1cc(-c2nc(-c3ccc(C(=O)O)nc3)c(Sc3ccc(Cl)cc3)o2)cn1. The highest BCUT2D eigenvalue weighted by molar-refractivity contribution is 7.99. The van der Waals surface area contributed by atoms with Crippen molar-refractivity contribution in [3.63, 3.8) is 0 Å². The van der Waals surface area contributed by atoms with Gasteiger partial charge in [0.05, 0.1) is 11.8 Å². The molecule has 146 valence electrons. The molecule has 4 aromatic rings. The summed E-state index contributed by atoms with van der Waals surface area (Å²) in [7, 11) is 0. The van der Waals surface area contributed by atoms with Crippen molar-refractivity contribution < 1.29 is 14.3 Å². The van der Waals surface area contributed by atoms with Crippen LogP contribution in [-0.4, -0.2) is 30.8 Å². The maximum absolute atomic E-state index is 11.1. The van der Waals surface area contributed by atoms with E-state index < -0.39 is 5.97 Å². The van der Waals surface area contributed by atoms with E-state index in [0.717, 1.165) is 17.0 Å². The van der Waals surface area contributed by atoms with Crippen molar-refractivity contribution in [3.05, 3.63) is 65.7 Å². The molecule has 9 heteroatoms. The molecule has 0 radical (unpaired) electrons. The van der Waals surface area contributed by atoms with E-state index in [4.69, 9.17) is 21.1 Å². The average molecular weight is 427 g/mol. The molecule has 0 aliphatic heterocycles. The molecule has 1 N–H and O–H groups in total. The molecule has 0 saturated carbocycles. The second-order valence-corrected chi connectivity index (χ2v) is 7.52. The van der Waals surface area contributed by atoms with Gasteiger partial charge in [-0.25, -0.2) is 14.8 Å². The minimum absolute atomic E-state index is 0.0337. The fourth-order valence-electron chi connectivity index (χ4n) is 2.60. The van der Waals surface area contributed by atoms with Crippen molar-refractivity contribution in [1.29, 1.82) is 0 Å². The predicted octanol–water partition coefficient (Wildman–Crippen LogP) is 5.12. The van der Waals surface area contributed by atoms with Crippen LogP contribution in [0.15, 0.2) is 69.4 Å². The molecule has 0 amide bonds. The Morgan fingerprint density at radius 3 is 2.59 bits per heavy atom. The van der Waals surface area contributed by atoms with Crippen molar-refractivity contribution in [1.82, 2.24) is 19.7 Å². The lowest BCUT2D eigenvalue weighted by Gasteiger charge is -2.02. The van der Waals surface area contributed by atoms with Crippen LogP contribution in [0.3, 0.4) is 0 Å². The summed E-state index contributed by atoms with van der Waals surface area (Å²) in [4.78, 5) is 20.6. The Morgan fingerprint density at radius 1 is 1.17 bits per heavy atom. The number of pyridine rings is 1. The molecular weight excluding hydrogens is 412 g/mol. The van der Waals surface area contributed by atoms with Crippen molar-refractivity contribution in [2.45, 2.75) is 23.5 Å². The fraction of sp³-hybridized carbons (Fsp3) is 0.100. The quantitative estimate of drug-likeness (QED) is 0.457. The van der Waals surface area contributed by atoms with Crippen molar-refractivity contribution in [2.75, 3.05) is 0 Å². The largest absolute Gasteiger partial charge is 0.477 e. The zero-order chi connectivity index (χ0) is 20.4. The first kappa shape index (κ1) is 19.2. The lowest BCUT2D eigenvalue weighted by Crippen LogP contribution is -1.99. The molecular formula is C20H15ClN4O3S. The van der Waals surface area contributed by atoms with E-state index in [1.807, 2.05) is 25.3 Å².